The number of hydrogen-bond donors (Lipinski definition) is 1. The van der Waals surface area contributed by atoms with Crippen molar-refractivity contribution in [2.24, 2.45) is 0 Å². The summed E-state index contributed by atoms with van der Waals surface area (Å²) in [6.45, 7) is 2.07. The Bertz CT molecular complexity index is 402. The molecule has 1 N–H and O–H groups in total. The summed E-state index contributed by atoms with van der Waals surface area (Å²) in [4.78, 5) is 11.0. The van der Waals surface area contributed by atoms with Gasteiger partial charge in [-0.1, -0.05) is 19.3 Å². The summed E-state index contributed by atoms with van der Waals surface area (Å²) in [5.74, 6) is -0.411. The first kappa shape index (κ1) is 16.4. The standard InChI is InChI=1S/C12H24N2O4S/c1-12(8-5-4-6-9-12)13-19(16,17)14(2)10-7-11(15)18-3/h13H,4-10H2,1-3H3. The molecule has 0 aromatic carbocycles. The number of nitrogens with zero attached hydrogens (tertiary/aromatic N) is 1. The minimum absolute atomic E-state index is 0.0601. The highest BCUT2D eigenvalue weighted by Crippen LogP contribution is 2.28. The van der Waals surface area contributed by atoms with E-state index in [9.17, 15) is 13.2 Å². The fourth-order valence-corrected chi connectivity index (χ4v) is 3.61. The molecule has 1 saturated carbocycles. The fraction of sp³-hybridized carbons (Fsp3) is 0.917. The SMILES string of the molecule is COC(=O)CCN(C)S(=O)(=O)NC1(C)CCCCC1. The Morgan fingerprint density at radius 1 is 1.32 bits per heavy atom. The molecule has 0 aliphatic heterocycles. The average molecular weight is 292 g/mol. The van der Waals surface area contributed by atoms with Gasteiger partial charge >= 0.3 is 5.97 Å². The Labute approximate surface area is 115 Å². The Balaban J connectivity index is 2.56. The number of nitrogens with one attached hydrogen (secondary N) is 1. The Hall–Kier alpha value is -0.660. The molecular weight excluding hydrogens is 268 g/mol. The van der Waals surface area contributed by atoms with Crippen LogP contribution in [0.2, 0.25) is 0 Å². The van der Waals surface area contributed by atoms with Crippen molar-refractivity contribution in [1.29, 1.82) is 0 Å². The van der Waals surface area contributed by atoms with Crippen LogP contribution in [0.15, 0.2) is 0 Å². The maximum absolute atomic E-state index is 12.2. The van der Waals surface area contributed by atoms with Gasteiger partial charge in [0, 0.05) is 19.1 Å². The van der Waals surface area contributed by atoms with Crippen molar-refractivity contribution in [3.8, 4) is 0 Å². The fourth-order valence-electron chi connectivity index (χ4n) is 2.29. The third-order valence-corrected chi connectivity index (χ3v) is 5.36. The van der Waals surface area contributed by atoms with E-state index in [1.807, 2.05) is 6.92 Å². The minimum atomic E-state index is -3.55. The summed E-state index contributed by atoms with van der Waals surface area (Å²) < 4.78 is 32.8. The second-order valence-corrected chi connectivity index (χ2v) is 7.15. The van der Waals surface area contributed by atoms with Crippen LogP contribution in [0.4, 0.5) is 0 Å². The van der Waals surface area contributed by atoms with Crippen LogP contribution in [0, 0.1) is 0 Å². The third kappa shape index (κ3) is 5.08. The zero-order valence-corrected chi connectivity index (χ0v) is 12.8. The van der Waals surface area contributed by atoms with Gasteiger partial charge in [0.1, 0.15) is 0 Å². The lowest BCUT2D eigenvalue weighted by Gasteiger charge is -2.35. The molecule has 0 radical (unpaired) electrons. The molecule has 19 heavy (non-hydrogen) atoms. The molecule has 0 aromatic rings. The van der Waals surface area contributed by atoms with E-state index in [2.05, 4.69) is 9.46 Å². The smallest absolute Gasteiger partial charge is 0.306 e. The van der Waals surface area contributed by atoms with Crippen molar-refractivity contribution in [2.45, 2.75) is 51.0 Å². The van der Waals surface area contributed by atoms with Gasteiger partial charge in [-0.2, -0.15) is 17.4 Å². The number of rotatable bonds is 6. The van der Waals surface area contributed by atoms with Crippen LogP contribution in [0.3, 0.4) is 0 Å². The van der Waals surface area contributed by atoms with Crippen LogP contribution >= 0.6 is 0 Å². The highest BCUT2D eigenvalue weighted by atomic mass is 32.2. The maximum Gasteiger partial charge on any atom is 0.306 e. The second kappa shape index (κ2) is 6.67. The van der Waals surface area contributed by atoms with Crippen LogP contribution < -0.4 is 4.72 Å². The van der Waals surface area contributed by atoms with E-state index >= 15 is 0 Å². The van der Waals surface area contributed by atoms with Gasteiger partial charge < -0.3 is 4.74 Å². The number of ether oxygens (including phenoxy) is 1. The van der Waals surface area contributed by atoms with Gasteiger partial charge in [-0.15, -0.1) is 0 Å². The summed E-state index contributed by atoms with van der Waals surface area (Å²) >= 11 is 0. The summed E-state index contributed by atoms with van der Waals surface area (Å²) in [5.41, 5.74) is -0.364. The minimum Gasteiger partial charge on any atom is -0.469 e. The first-order valence-electron chi connectivity index (χ1n) is 6.61. The first-order chi connectivity index (χ1) is 8.79. The summed E-state index contributed by atoms with van der Waals surface area (Å²) in [7, 11) is -0.787. The van der Waals surface area contributed by atoms with Gasteiger partial charge in [0.15, 0.2) is 0 Å². The van der Waals surface area contributed by atoms with E-state index in [4.69, 9.17) is 0 Å². The third-order valence-electron chi connectivity index (χ3n) is 3.60. The molecule has 0 heterocycles. The maximum atomic E-state index is 12.2. The van der Waals surface area contributed by atoms with Gasteiger partial charge in [0.05, 0.1) is 13.5 Å². The van der Waals surface area contributed by atoms with Crippen LogP contribution in [0.1, 0.15) is 45.4 Å². The summed E-state index contributed by atoms with van der Waals surface area (Å²) in [5, 5.41) is 0. The topological polar surface area (TPSA) is 75.7 Å². The van der Waals surface area contributed by atoms with Crippen LogP contribution in [-0.2, 0) is 19.7 Å². The van der Waals surface area contributed by atoms with Crippen LogP contribution in [-0.4, -0.2) is 44.9 Å². The highest BCUT2D eigenvalue weighted by Gasteiger charge is 2.33. The van der Waals surface area contributed by atoms with Gasteiger partial charge in [-0.3, -0.25) is 4.79 Å². The molecule has 0 unspecified atom stereocenters. The van der Waals surface area contributed by atoms with Gasteiger partial charge in [0.2, 0.25) is 0 Å². The molecule has 0 atom stereocenters. The predicted molar refractivity (Wildman–Crippen MR) is 72.8 cm³/mol. The number of carbonyl (C=O) groups is 1. The molecule has 6 nitrogen and oxygen atoms in total. The van der Waals surface area contributed by atoms with E-state index in [0.717, 1.165) is 32.1 Å². The molecule has 0 amide bonds. The van der Waals surface area contributed by atoms with E-state index in [0.29, 0.717) is 0 Å². The van der Waals surface area contributed by atoms with Crippen molar-refractivity contribution in [3.63, 3.8) is 0 Å². The Morgan fingerprint density at radius 3 is 2.42 bits per heavy atom. The van der Waals surface area contributed by atoms with E-state index in [1.165, 1.54) is 18.5 Å². The van der Waals surface area contributed by atoms with Crippen molar-refractivity contribution < 1.29 is 17.9 Å². The largest absolute Gasteiger partial charge is 0.469 e. The van der Waals surface area contributed by atoms with Gasteiger partial charge in [-0.05, 0) is 19.8 Å². The van der Waals surface area contributed by atoms with Crippen molar-refractivity contribution in [2.75, 3.05) is 20.7 Å². The monoisotopic (exact) mass is 292 g/mol. The van der Waals surface area contributed by atoms with Gasteiger partial charge in [-0.25, -0.2) is 0 Å². The molecule has 112 valence electrons. The van der Waals surface area contributed by atoms with Crippen molar-refractivity contribution in [3.05, 3.63) is 0 Å². The Kier molecular flexibility index (Phi) is 5.76. The van der Waals surface area contributed by atoms with Gasteiger partial charge in [0.25, 0.3) is 10.2 Å². The molecule has 1 rings (SSSR count). The molecule has 0 saturated heterocycles. The average Bonchev–Trinajstić information content (AvgIpc) is 2.34. The quantitative estimate of drug-likeness (QED) is 0.742. The predicted octanol–water partition coefficient (Wildman–Crippen LogP) is 1.04. The second-order valence-electron chi connectivity index (χ2n) is 5.38. The van der Waals surface area contributed by atoms with Crippen LogP contribution in [0.25, 0.3) is 0 Å². The number of methoxy groups -OCH3 is 1. The molecule has 0 aromatic heterocycles. The molecule has 7 heteroatoms. The van der Waals surface area contributed by atoms with E-state index in [-0.39, 0.29) is 18.5 Å². The van der Waals surface area contributed by atoms with Crippen LogP contribution in [0.5, 0.6) is 0 Å². The highest BCUT2D eigenvalue weighted by molar-refractivity contribution is 7.87. The van der Waals surface area contributed by atoms with E-state index < -0.39 is 16.2 Å². The van der Waals surface area contributed by atoms with Crippen molar-refractivity contribution >= 4 is 16.2 Å². The molecule has 1 aliphatic rings. The lowest BCUT2D eigenvalue weighted by atomic mass is 9.84. The summed E-state index contributed by atoms with van der Waals surface area (Å²) in [6, 6.07) is 0. The number of hydrogen-bond acceptors (Lipinski definition) is 4. The number of carbonyl (C=O) groups excluding carboxylic acids is 1. The molecule has 1 aliphatic carbocycles. The number of esters is 1. The lowest BCUT2D eigenvalue weighted by molar-refractivity contribution is -0.140. The normalized spacial score (nSPS) is 19.4. The van der Waals surface area contributed by atoms with Crippen molar-refractivity contribution in [1.82, 2.24) is 9.03 Å². The molecule has 0 spiro atoms. The first-order valence-corrected chi connectivity index (χ1v) is 8.05. The zero-order valence-electron chi connectivity index (χ0n) is 11.9. The van der Waals surface area contributed by atoms with E-state index in [1.54, 1.807) is 0 Å². The molecule has 1 fully saturated rings. The molecular formula is C12H24N2O4S. The summed E-state index contributed by atoms with van der Waals surface area (Å²) in [6.07, 6.45) is 5.03. The lowest BCUT2D eigenvalue weighted by Crippen LogP contribution is -2.52. The molecule has 0 bridgehead atoms. The zero-order chi connectivity index (χ0) is 14.5. The Morgan fingerprint density at radius 2 is 1.89 bits per heavy atom.